The van der Waals surface area contributed by atoms with E-state index in [1.807, 2.05) is 0 Å². The fourth-order valence-corrected chi connectivity index (χ4v) is 1.31. The quantitative estimate of drug-likeness (QED) is 0.838. The van der Waals surface area contributed by atoms with Gasteiger partial charge in [0.2, 0.25) is 0 Å². The SMILES string of the molecule is CNc1nc(Cc2ccc(F)cc2)co1. The second-order valence-corrected chi connectivity index (χ2v) is 3.20. The third-order valence-corrected chi connectivity index (χ3v) is 2.06. The molecule has 0 amide bonds. The highest BCUT2D eigenvalue weighted by atomic mass is 19.1. The molecule has 0 aliphatic rings. The summed E-state index contributed by atoms with van der Waals surface area (Å²) >= 11 is 0. The maximum atomic E-state index is 12.6. The van der Waals surface area contributed by atoms with Crippen LogP contribution < -0.4 is 5.32 Å². The Hall–Kier alpha value is -1.84. The number of rotatable bonds is 3. The zero-order valence-corrected chi connectivity index (χ0v) is 8.33. The van der Waals surface area contributed by atoms with Crippen molar-refractivity contribution in [2.45, 2.75) is 6.42 Å². The molecule has 0 unspecified atom stereocenters. The summed E-state index contributed by atoms with van der Waals surface area (Å²) in [5.74, 6) is -0.227. The molecule has 1 aromatic heterocycles. The first-order valence-corrected chi connectivity index (χ1v) is 4.64. The number of hydrogen-bond acceptors (Lipinski definition) is 3. The Balaban J connectivity index is 2.11. The maximum absolute atomic E-state index is 12.6. The van der Waals surface area contributed by atoms with E-state index in [9.17, 15) is 4.39 Å². The van der Waals surface area contributed by atoms with Crippen molar-refractivity contribution in [3.05, 3.63) is 47.6 Å². The lowest BCUT2D eigenvalue weighted by atomic mass is 10.1. The topological polar surface area (TPSA) is 38.1 Å². The summed E-state index contributed by atoms with van der Waals surface area (Å²) < 4.78 is 17.8. The highest BCUT2D eigenvalue weighted by Gasteiger charge is 2.03. The van der Waals surface area contributed by atoms with E-state index in [1.54, 1.807) is 25.4 Å². The standard InChI is InChI=1S/C11H11FN2O/c1-13-11-14-10(7-15-11)6-8-2-4-9(12)5-3-8/h2-5,7H,6H2,1H3,(H,13,14). The van der Waals surface area contributed by atoms with Gasteiger partial charge < -0.3 is 9.73 Å². The molecule has 0 aliphatic carbocycles. The van der Waals surface area contributed by atoms with Crippen molar-refractivity contribution < 1.29 is 8.81 Å². The number of halogens is 1. The van der Waals surface area contributed by atoms with Crippen LogP contribution in [0.3, 0.4) is 0 Å². The molecule has 3 nitrogen and oxygen atoms in total. The molecule has 78 valence electrons. The van der Waals surface area contributed by atoms with Gasteiger partial charge in [0.25, 0.3) is 6.01 Å². The molecule has 4 heteroatoms. The minimum absolute atomic E-state index is 0.227. The first-order chi connectivity index (χ1) is 7.28. The molecule has 15 heavy (non-hydrogen) atoms. The molecule has 2 rings (SSSR count). The van der Waals surface area contributed by atoms with E-state index in [4.69, 9.17) is 4.42 Å². The van der Waals surface area contributed by atoms with Crippen LogP contribution in [-0.4, -0.2) is 12.0 Å². The van der Waals surface area contributed by atoms with Crippen LogP contribution >= 0.6 is 0 Å². The molecule has 0 saturated heterocycles. The Morgan fingerprint density at radius 3 is 2.67 bits per heavy atom. The number of oxazole rings is 1. The van der Waals surface area contributed by atoms with E-state index in [1.165, 1.54) is 12.1 Å². The van der Waals surface area contributed by atoms with E-state index < -0.39 is 0 Å². The molecule has 0 fully saturated rings. The Kier molecular flexibility index (Phi) is 2.67. The monoisotopic (exact) mass is 206 g/mol. The molecule has 0 atom stereocenters. The van der Waals surface area contributed by atoms with Gasteiger partial charge in [0, 0.05) is 13.5 Å². The van der Waals surface area contributed by atoms with Crippen LogP contribution in [0.1, 0.15) is 11.3 Å². The van der Waals surface area contributed by atoms with Crippen molar-refractivity contribution in [2.24, 2.45) is 0 Å². The van der Waals surface area contributed by atoms with Crippen molar-refractivity contribution in [1.29, 1.82) is 0 Å². The molecule has 2 aromatic rings. The average Bonchev–Trinajstić information content (AvgIpc) is 2.69. The van der Waals surface area contributed by atoms with Crippen molar-refractivity contribution >= 4 is 6.01 Å². The number of nitrogens with zero attached hydrogens (tertiary/aromatic N) is 1. The summed E-state index contributed by atoms with van der Waals surface area (Å²) in [6.07, 6.45) is 2.24. The number of anilines is 1. The van der Waals surface area contributed by atoms with Gasteiger partial charge in [-0.3, -0.25) is 0 Å². The third-order valence-electron chi connectivity index (χ3n) is 2.06. The number of aromatic nitrogens is 1. The van der Waals surface area contributed by atoms with Crippen LogP contribution in [0.15, 0.2) is 34.9 Å². The largest absolute Gasteiger partial charge is 0.432 e. The van der Waals surface area contributed by atoms with Gasteiger partial charge in [-0.1, -0.05) is 12.1 Å². The van der Waals surface area contributed by atoms with E-state index in [2.05, 4.69) is 10.3 Å². The lowest BCUT2D eigenvalue weighted by Crippen LogP contribution is -1.91. The Morgan fingerprint density at radius 2 is 2.07 bits per heavy atom. The third kappa shape index (κ3) is 2.34. The smallest absolute Gasteiger partial charge is 0.294 e. The Bertz CT molecular complexity index is 436. The van der Waals surface area contributed by atoms with Gasteiger partial charge in [-0.25, -0.2) is 4.39 Å². The fourth-order valence-electron chi connectivity index (χ4n) is 1.31. The molecule has 0 aliphatic heterocycles. The molecule has 0 spiro atoms. The summed E-state index contributed by atoms with van der Waals surface area (Å²) in [7, 11) is 1.74. The van der Waals surface area contributed by atoms with Crippen molar-refractivity contribution in [1.82, 2.24) is 4.98 Å². The van der Waals surface area contributed by atoms with Crippen LogP contribution in [0.2, 0.25) is 0 Å². The summed E-state index contributed by atoms with van der Waals surface area (Å²) in [5.41, 5.74) is 1.83. The van der Waals surface area contributed by atoms with E-state index in [0.29, 0.717) is 12.4 Å². The Morgan fingerprint density at radius 1 is 1.33 bits per heavy atom. The number of benzene rings is 1. The van der Waals surface area contributed by atoms with Gasteiger partial charge >= 0.3 is 0 Å². The minimum atomic E-state index is -0.227. The highest BCUT2D eigenvalue weighted by molar-refractivity contribution is 5.25. The zero-order chi connectivity index (χ0) is 10.7. The Labute approximate surface area is 86.9 Å². The molecule has 1 heterocycles. The molecular formula is C11H11FN2O. The number of nitrogens with one attached hydrogen (secondary N) is 1. The van der Waals surface area contributed by atoms with E-state index in [0.717, 1.165) is 11.3 Å². The van der Waals surface area contributed by atoms with Gasteiger partial charge in [-0.2, -0.15) is 4.98 Å². The lowest BCUT2D eigenvalue weighted by molar-refractivity contribution is 0.574. The van der Waals surface area contributed by atoms with Crippen LogP contribution in [0.5, 0.6) is 0 Å². The highest BCUT2D eigenvalue weighted by Crippen LogP contribution is 2.12. The second kappa shape index (κ2) is 4.13. The van der Waals surface area contributed by atoms with E-state index in [-0.39, 0.29) is 5.82 Å². The van der Waals surface area contributed by atoms with Crippen LogP contribution in [0.25, 0.3) is 0 Å². The predicted octanol–water partition coefficient (Wildman–Crippen LogP) is 2.45. The van der Waals surface area contributed by atoms with Crippen molar-refractivity contribution in [3.63, 3.8) is 0 Å². The number of hydrogen-bond donors (Lipinski definition) is 1. The van der Waals surface area contributed by atoms with Crippen LogP contribution in [-0.2, 0) is 6.42 Å². The summed E-state index contributed by atoms with van der Waals surface area (Å²) in [6, 6.07) is 6.85. The average molecular weight is 206 g/mol. The zero-order valence-electron chi connectivity index (χ0n) is 8.33. The first-order valence-electron chi connectivity index (χ1n) is 4.64. The van der Waals surface area contributed by atoms with E-state index >= 15 is 0 Å². The van der Waals surface area contributed by atoms with Crippen LogP contribution in [0.4, 0.5) is 10.4 Å². The summed E-state index contributed by atoms with van der Waals surface area (Å²) in [5, 5.41) is 2.80. The normalized spacial score (nSPS) is 10.3. The van der Waals surface area contributed by atoms with Crippen LogP contribution in [0, 0.1) is 5.82 Å². The van der Waals surface area contributed by atoms with Gasteiger partial charge in [-0.15, -0.1) is 0 Å². The predicted molar refractivity (Wildman–Crippen MR) is 55.3 cm³/mol. The van der Waals surface area contributed by atoms with Gasteiger partial charge in [0.1, 0.15) is 12.1 Å². The summed E-state index contributed by atoms with van der Waals surface area (Å²) in [6.45, 7) is 0. The fraction of sp³-hybridized carbons (Fsp3) is 0.182. The molecule has 0 radical (unpaired) electrons. The van der Waals surface area contributed by atoms with Gasteiger partial charge in [0.05, 0.1) is 5.69 Å². The summed E-state index contributed by atoms with van der Waals surface area (Å²) in [4.78, 5) is 4.17. The van der Waals surface area contributed by atoms with Crippen molar-refractivity contribution in [2.75, 3.05) is 12.4 Å². The first kappa shape index (κ1) is 9.71. The minimum Gasteiger partial charge on any atom is -0.432 e. The molecule has 0 bridgehead atoms. The molecule has 0 saturated carbocycles. The maximum Gasteiger partial charge on any atom is 0.294 e. The molecular weight excluding hydrogens is 195 g/mol. The van der Waals surface area contributed by atoms with Crippen molar-refractivity contribution in [3.8, 4) is 0 Å². The second-order valence-electron chi connectivity index (χ2n) is 3.20. The lowest BCUT2D eigenvalue weighted by Gasteiger charge is -1.96. The molecule has 1 aromatic carbocycles. The molecule has 1 N–H and O–H groups in total. The van der Waals surface area contributed by atoms with Gasteiger partial charge in [0.15, 0.2) is 0 Å². The van der Waals surface area contributed by atoms with Gasteiger partial charge in [-0.05, 0) is 17.7 Å².